The lowest BCUT2D eigenvalue weighted by Gasteiger charge is -2.18. The number of hydrogen-bond acceptors (Lipinski definition) is 3. The van der Waals surface area contributed by atoms with E-state index in [1.54, 1.807) is 18.0 Å². The van der Waals surface area contributed by atoms with Crippen molar-refractivity contribution in [3.63, 3.8) is 0 Å². The molecule has 7 heteroatoms. The SMILES string of the molecule is CCOP(C)CSc1c[nH]c2cc(F)c(-c3ccc(N4CCC(C)C4)cc3)c(F)c12. The van der Waals surface area contributed by atoms with Crippen LogP contribution >= 0.6 is 19.9 Å². The van der Waals surface area contributed by atoms with Gasteiger partial charge in [0.2, 0.25) is 0 Å². The van der Waals surface area contributed by atoms with Crippen LogP contribution in [0.15, 0.2) is 41.4 Å². The highest BCUT2D eigenvalue weighted by Gasteiger charge is 2.22. The molecule has 2 unspecified atom stereocenters. The van der Waals surface area contributed by atoms with Gasteiger partial charge >= 0.3 is 0 Å². The maximum Gasteiger partial charge on any atom is 0.144 e. The lowest BCUT2D eigenvalue weighted by atomic mass is 10.0. The molecule has 2 aromatic carbocycles. The summed E-state index contributed by atoms with van der Waals surface area (Å²) in [4.78, 5) is 6.13. The van der Waals surface area contributed by atoms with Crippen LogP contribution in [-0.2, 0) is 4.52 Å². The summed E-state index contributed by atoms with van der Waals surface area (Å²) in [5, 5.41) is 0.453. The van der Waals surface area contributed by atoms with Crippen molar-refractivity contribution >= 4 is 36.5 Å². The van der Waals surface area contributed by atoms with Crippen LogP contribution in [0.25, 0.3) is 22.0 Å². The Balaban J connectivity index is 1.64. The second-order valence-corrected chi connectivity index (χ2v) is 11.1. The molecular formula is C23H27F2N2OPS. The van der Waals surface area contributed by atoms with Crippen LogP contribution in [0, 0.1) is 17.6 Å². The second kappa shape index (κ2) is 9.25. The molecule has 0 bridgehead atoms. The van der Waals surface area contributed by atoms with E-state index >= 15 is 4.39 Å². The maximum absolute atomic E-state index is 15.5. The number of anilines is 1. The van der Waals surface area contributed by atoms with Crippen molar-refractivity contribution in [2.24, 2.45) is 5.92 Å². The fourth-order valence-electron chi connectivity index (χ4n) is 3.99. The normalized spacial score (nSPS) is 17.8. The largest absolute Gasteiger partial charge is 0.371 e. The molecule has 3 aromatic rings. The van der Waals surface area contributed by atoms with Crippen LogP contribution in [-0.4, -0.2) is 36.8 Å². The molecule has 0 spiro atoms. The van der Waals surface area contributed by atoms with Crippen molar-refractivity contribution in [2.45, 2.75) is 25.2 Å². The zero-order chi connectivity index (χ0) is 21.3. The van der Waals surface area contributed by atoms with E-state index in [1.807, 2.05) is 31.2 Å². The minimum Gasteiger partial charge on any atom is -0.371 e. The minimum atomic E-state index is -0.572. The van der Waals surface area contributed by atoms with Gasteiger partial charge in [-0.2, -0.15) is 0 Å². The molecule has 3 nitrogen and oxygen atoms in total. The van der Waals surface area contributed by atoms with Gasteiger partial charge in [0, 0.05) is 55.5 Å². The number of benzene rings is 2. The third kappa shape index (κ3) is 4.37. The Morgan fingerprint density at radius 3 is 2.70 bits per heavy atom. The summed E-state index contributed by atoms with van der Waals surface area (Å²) in [6.07, 6.45) is 2.94. The molecule has 2 atom stereocenters. The predicted octanol–water partition coefficient (Wildman–Crippen LogP) is 7.07. The number of nitrogens with zero attached hydrogens (tertiary/aromatic N) is 1. The third-order valence-corrected chi connectivity index (χ3v) is 8.82. The first-order valence-electron chi connectivity index (χ1n) is 10.3. The van der Waals surface area contributed by atoms with Gasteiger partial charge in [-0.15, -0.1) is 11.8 Å². The van der Waals surface area contributed by atoms with Gasteiger partial charge in [0.15, 0.2) is 0 Å². The van der Waals surface area contributed by atoms with Gasteiger partial charge in [-0.1, -0.05) is 19.1 Å². The molecule has 0 saturated carbocycles. The Labute approximate surface area is 182 Å². The first-order chi connectivity index (χ1) is 14.5. The number of aromatic nitrogens is 1. The zero-order valence-electron chi connectivity index (χ0n) is 17.5. The van der Waals surface area contributed by atoms with E-state index in [2.05, 4.69) is 23.5 Å². The molecule has 2 heterocycles. The standard InChI is InChI=1S/C23H27F2N2OPS/c1-4-28-29(3)14-30-20-12-26-19-11-18(24)21(23(25)22(19)20)16-5-7-17(8-6-16)27-10-9-15(2)13-27/h5-8,11-12,15,26H,4,9-10,13-14H2,1-3H3. The van der Waals surface area contributed by atoms with Crippen molar-refractivity contribution in [3.05, 3.63) is 48.2 Å². The molecule has 30 heavy (non-hydrogen) atoms. The molecule has 1 saturated heterocycles. The topological polar surface area (TPSA) is 28.3 Å². The number of halogens is 2. The summed E-state index contributed by atoms with van der Waals surface area (Å²) in [7, 11) is -0.572. The molecule has 0 amide bonds. The number of fused-ring (bicyclic) bond motifs is 1. The molecule has 1 aromatic heterocycles. The Kier molecular flexibility index (Phi) is 6.66. The Morgan fingerprint density at radius 1 is 1.27 bits per heavy atom. The fraction of sp³-hybridized carbons (Fsp3) is 0.391. The summed E-state index contributed by atoms with van der Waals surface area (Å²) in [6.45, 7) is 9.01. The molecule has 1 fully saturated rings. The van der Waals surface area contributed by atoms with Crippen molar-refractivity contribution in [1.29, 1.82) is 0 Å². The number of thioether (sulfide) groups is 1. The van der Waals surface area contributed by atoms with Gasteiger partial charge < -0.3 is 14.4 Å². The summed E-state index contributed by atoms with van der Waals surface area (Å²) < 4.78 is 36.0. The molecule has 4 rings (SSSR count). The predicted molar refractivity (Wildman–Crippen MR) is 125 cm³/mol. The summed E-state index contributed by atoms with van der Waals surface area (Å²) >= 11 is 1.55. The van der Waals surface area contributed by atoms with Gasteiger partial charge in [-0.3, -0.25) is 0 Å². The fourth-order valence-corrected chi connectivity index (χ4v) is 6.50. The molecule has 0 aliphatic carbocycles. The van der Waals surface area contributed by atoms with Gasteiger partial charge in [0.25, 0.3) is 0 Å². The molecule has 0 radical (unpaired) electrons. The number of hydrogen-bond donors (Lipinski definition) is 1. The summed E-state index contributed by atoms with van der Waals surface area (Å²) in [5.74, 6) is -0.375. The molecule has 1 aliphatic heterocycles. The maximum atomic E-state index is 15.5. The van der Waals surface area contributed by atoms with E-state index in [9.17, 15) is 4.39 Å². The highest BCUT2D eigenvalue weighted by Crippen LogP contribution is 2.43. The van der Waals surface area contributed by atoms with Crippen molar-refractivity contribution in [2.75, 3.05) is 36.8 Å². The lowest BCUT2D eigenvalue weighted by Crippen LogP contribution is -2.18. The van der Waals surface area contributed by atoms with E-state index in [-0.39, 0.29) is 5.56 Å². The smallest absolute Gasteiger partial charge is 0.144 e. The van der Waals surface area contributed by atoms with Gasteiger partial charge in [-0.05, 0) is 49.7 Å². The first kappa shape index (κ1) is 21.6. The van der Waals surface area contributed by atoms with Crippen molar-refractivity contribution < 1.29 is 13.3 Å². The summed E-state index contributed by atoms with van der Waals surface area (Å²) in [6, 6.07) is 8.98. The average molecular weight is 449 g/mol. The Morgan fingerprint density at radius 2 is 2.03 bits per heavy atom. The molecular weight excluding hydrogens is 421 g/mol. The average Bonchev–Trinajstić information content (AvgIpc) is 3.33. The highest BCUT2D eigenvalue weighted by molar-refractivity contribution is 8.04. The molecule has 1 N–H and O–H groups in total. The van der Waals surface area contributed by atoms with E-state index in [1.165, 1.54) is 12.5 Å². The molecule has 160 valence electrons. The summed E-state index contributed by atoms with van der Waals surface area (Å²) in [5.41, 5.74) is 2.96. The van der Waals surface area contributed by atoms with Gasteiger partial charge in [0.05, 0.1) is 11.1 Å². The quantitative estimate of drug-likeness (QED) is 0.309. The van der Waals surface area contributed by atoms with Crippen molar-refractivity contribution in [1.82, 2.24) is 4.98 Å². The van der Waals surface area contributed by atoms with Crippen LogP contribution < -0.4 is 4.90 Å². The zero-order valence-corrected chi connectivity index (χ0v) is 19.3. The van der Waals surface area contributed by atoms with Gasteiger partial charge in [0.1, 0.15) is 11.6 Å². The number of rotatable bonds is 7. The third-order valence-electron chi connectivity index (χ3n) is 5.52. The van der Waals surface area contributed by atoms with E-state index in [4.69, 9.17) is 4.52 Å². The van der Waals surface area contributed by atoms with Crippen LogP contribution in [0.5, 0.6) is 0 Å². The van der Waals surface area contributed by atoms with Crippen molar-refractivity contribution in [3.8, 4) is 11.1 Å². The number of H-pyrrole nitrogens is 1. The van der Waals surface area contributed by atoms with Crippen LogP contribution in [0.4, 0.5) is 14.5 Å². The monoisotopic (exact) mass is 448 g/mol. The van der Waals surface area contributed by atoms with Gasteiger partial charge in [-0.25, -0.2) is 8.78 Å². The second-order valence-electron chi connectivity index (χ2n) is 7.83. The lowest BCUT2D eigenvalue weighted by molar-refractivity contribution is 0.383. The number of aromatic amines is 1. The van der Waals surface area contributed by atoms with Crippen LogP contribution in [0.3, 0.4) is 0 Å². The first-order valence-corrected chi connectivity index (χ1v) is 13.2. The van der Waals surface area contributed by atoms with Crippen LogP contribution in [0.2, 0.25) is 0 Å². The van der Waals surface area contributed by atoms with E-state index < -0.39 is 19.8 Å². The number of nitrogens with one attached hydrogen (secondary N) is 1. The highest BCUT2D eigenvalue weighted by atomic mass is 32.2. The van der Waals surface area contributed by atoms with Crippen LogP contribution in [0.1, 0.15) is 20.3 Å². The Bertz CT molecular complexity index is 1020. The minimum absolute atomic E-state index is 0.0360. The van der Waals surface area contributed by atoms with E-state index in [0.29, 0.717) is 29.0 Å². The Hall–Kier alpha value is -1.62. The molecule has 1 aliphatic rings. The van der Waals surface area contributed by atoms with E-state index in [0.717, 1.165) is 29.2 Å².